The Hall–Kier alpha value is -1.27. The number of rotatable bonds is 6. The summed E-state index contributed by atoms with van der Waals surface area (Å²) < 4.78 is 11.8. The van der Waals surface area contributed by atoms with Gasteiger partial charge in [0.25, 0.3) is 5.91 Å². The van der Waals surface area contributed by atoms with Crippen LogP contribution in [-0.4, -0.2) is 43.7 Å². The zero-order valence-electron chi connectivity index (χ0n) is 13.1. The molecule has 1 aliphatic rings. The largest absolute Gasteiger partial charge is 0.493 e. The standard InChI is InChI=1S/C16H23BrN2O3/c1-3-7-22-15-13(17)8-11(9-14(15)21-2)16(20)19-6-4-5-12(19)10-18/h8-9,12H,3-7,10,18H2,1-2H3. The Morgan fingerprint density at radius 2 is 2.27 bits per heavy atom. The minimum atomic E-state index is -0.00556. The van der Waals surface area contributed by atoms with Gasteiger partial charge in [-0.15, -0.1) is 0 Å². The number of carbonyl (C=O) groups excluding carboxylic acids is 1. The Labute approximate surface area is 139 Å². The fraction of sp³-hybridized carbons (Fsp3) is 0.562. The van der Waals surface area contributed by atoms with Gasteiger partial charge in [-0.05, 0) is 47.3 Å². The summed E-state index contributed by atoms with van der Waals surface area (Å²) in [5.74, 6) is 1.20. The third-order valence-corrected chi connectivity index (χ3v) is 4.43. The monoisotopic (exact) mass is 370 g/mol. The van der Waals surface area contributed by atoms with E-state index in [2.05, 4.69) is 15.9 Å². The smallest absolute Gasteiger partial charge is 0.254 e. The van der Waals surface area contributed by atoms with Crippen molar-refractivity contribution in [3.05, 3.63) is 22.2 Å². The Kier molecular flexibility index (Phi) is 6.08. The van der Waals surface area contributed by atoms with E-state index in [0.717, 1.165) is 30.3 Å². The van der Waals surface area contributed by atoms with Crippen LogP contribution in [0.5, 0.6) is 11.5 Å². The van der Waals surface area contributed by atoms with Crippen LogP contribution in [0.25, 0.3) is 0 Å². The Morgan fingerprint density at radius 3 is 2.91 bits per heavy atom. The van der Waals surface area contributed by atoms with E-state index >= 15 is 0 Å². The highest BCUT2D eigenvalue weighted by Gasteiger charge is 2.29. The molecule has 22 heavy (non-hydrogen) atoms. The molecule has 1 fully saturated rings. The molecule has 0 bridgehead atoms. The van der Waals surface area contributed by atoms with Gasteiger partial charge in [-0.25, -0.2) is 0 Å². The summed E-state index contributed by atoms with van der Waals surface area (Å²) in [4.78, 5) is 14.6. The molecule has 1 heterocycles. The molecule has 5 nitrogen and oxygen atoms in total. The predicted octanol–water partition coefficient (Wildman–Crippen LogP) is 2.81. The first-order valence-electron chi connectivity index (χ1n) is 7.63. The number of likely N-dealkylation sites (tertiary alicyclic amines) is 1. The summed E-state index contributed by atoms with van der Waals surface area (Å²) >= 11 is 3.48. The van der Waals surface area contributed by atoms with Crippen molar-refractivity contribution in [2.24, 2.45) is 5.73 Å². The minimum absolute atomic E-state index is 0.00556. The number of nitrogens with zero attached hydrogens (tertiary/aromatic N) is 1. The van der Waals surface area contributed by atoms with Gasteiger partial charge in [0.15, 0.2) is 11.5 Å². The number of halogens is 1. The summed E-state index contributed by atoms with van der Waals surface area (Å²) in [5.41, 5.74) is 6.35. The molecule has 0 aliphatic carbocycles. The summed E-state index contributed by atoms with van der Waals surface area (Å²) in [6, 6.07) is 3.67. The zero-order valence-corrected chi connectivity index (χ0v) is 14.7. The van der Waals surface area contributed by atoms with Crippen LogP contribution < -0.4 is 15.2 Å². The number of methoxy groups -OCH3 is 1. The molecule has 1 aliphatic heterocycles. The van der Waals surface area contributed by atoms with E-state index in [4.69, 9.17) is 15.2 Å². The first kappa shape index (κ1) is 17.1. The van der Waals surface area contributed by atoms with Gasteiger partial charge >= 0.3 is 0 Å². The molecule has 1 atom stereocenters. The van der Waals surface area contributed by atoms with Gasteiger partial charge < -0.3 is 20.1 Å². The molecule has 1 aromatic carbocycles. The second-order valence-corrected chi connectivity index (χ2v) is 6.22. The number of amides is 1. The van der Waals surface area contributed by atoms with Crippen molar-refractivity contribution in [1.82, 2.24) is 4.90 Å². The molecule has 0 spiro atoms. The van der Waals surface area contributed by atoms with E-state index in [1.165, 1.54) is 0 Å². The van der Waals surface area contributed by atoms with E-state index < -0.39 is 0 Å². The first-order chi connectivity index (χ1) is 10.6. The van der Waals surface area contributed by atoms with Gasteiger partial charge in [-0.1, -0.05) is 6.92 Å². The molecule has 1 amide bonds. The van der Waals surface area contributed by atoms with Gasteiger partial charge in [-0.3, -0.25) is 4.79 Å². The summed E-state index contributed by atoms with van der Waals surface area (Å²) in [7, 11) is 1.58. The van der Waals surface area contributed by atoms with Crippen LogP contribution in [-0.2, 0) is 0 Å². The Balaban J connectivity index is 2.28. The summed E-state index contributed by atoms with van der Waals surface area (Å²) in [6.45, 7) is 3.90. The molecule has 2 rings (SSSR count). The van der Waals surface area contributed by atoms with Crippen LogP contribution in [0.2, 0.25) is 0 Å². The zero-order chi connectivity index (χ0) is 16.1. The molecule has 0 saturated carbocycles. The van der Waals surface area contributed by atoms with Crippen molar-refractivity contribution < 1.29 is 14.3 Å². The normalized spacial score (nSPS) is 17.6. The average molecular weight is 371 g/mol. The van der Waals surface area contributed by atoms with Crippen molar-refractivity contribution >= 4 is 21.8 Å². The average Bonchev–Trinajstić information content (AvgIpc) is 3.00. The number of nitrogens with two attached hydrogens (primary N) is 1. The second kappa shape index (κ2) is 7.83. The molecule has 0 radical (unpaired) electrons. The van der Waals surface area contributed by atoms with Crippen molar-refractivity contribution in [2.75, 3.05) is 26.8 Å². The molecule has 1 saturated heterocycles. The molecule has 2 N–H and O–H groups in total. The molecule has 6 heteroatoms. The van der Waals surface area contributed by atoms with Crippen LogP contribution >= 0.6 is 15.9 Å². The van der Waals surface area contributed by atoms with Gasteiger partial charge in [0.1, 0.15) is 0 Å². The maximum Gasteiger partial charge on any atom is 0.254 e. The van der Waals surface area contributed by atoms with Crippen LogP contribution in [0.15, 0.2) is 16.6 Å². The van der Waals surface area contributed by atoms with Crippen LogP contribution in [0.4, 0.5) is 0 Å². The lowest BCUT2D eigenvalue weighted by Gasteiger charge is -2.24. The molecule has 1 unspecified atom stereocenters. The van der Waals surface area contributed by atoms with Gasteiger partial charge in [0.2, 0.25) is 0 Å². The predicted molar refractivity (Wildman–Crippen MR) is 89.6 cm³/mol. The molecular weight excluding hydrogens is 348 g/mol. The third kappa shape index (κ3) is 3.55. The summed E-state index contributed by atoms with van der Waals surface area (Å²) in [5, 5.41) is 0. The quantitative estimate of drug-likeness (QED) is 0.835. The lowest BCUT2D eigenvalue weighted by Crippen LogP contribution is -2.39. The lowest BCUT2D eigenvalue weighted by atomic mass is 10.1. The first-order valence-corrected chi connectivity index (χ1v) is 8.43. The summed E-state index contributed by atoms with van der Waals surface area (Å²) in [6.07, 6.45) is 2.88. The van der Waals surface area contributed by atoms with Crippen molar-refractivity contribution in [2.45, 2.75) is 32.2 Å². The van der Waals surface area contributed by atoms with E-state index in [0.29, 0.717) is 30.2 Å². The maximum absolute atomic E-state index is 12.7. The van der Waals surface area contributed by atoms with Crippen LogP contribution in [0.3, 0.4) is 0 Å². The number of hydrogen-bond acceptors (Lipinski definition) is 4. The maximum atomic E-state index is 12.7. The van der Waals surface area contributed by atoms with E-state index in [-0.39, 0.29) is 11.9 Å². The highest BCUT2D eigenvalue weighted by Crippen LogP contribution is 2.37. The molecule has 1 aromatic rings. The van der Waals surface area contributed by atoms with E-state index in [1.807, 2.05) is 11.8 Å². The number of ether oxygens (including phenoxy) is 2. The lowest BCUT2D eigenvalue weighted by molar-refractivity contribution is 0.0740. The van der Waals surface area contributed by atoms with E-state index in [1.54, 1.807) is 19.2 Å². The molecule has 122 valence electrons. The van der Waals surface area contributed by atoms with Crippen molar-refractivity contribution in [3.8, 4) is 11.5 Å². The van der Waals surface area contributed by atoms with Crippen molar-refractivity contribution in [1.29, 1.82) is 0 Å². The van der Waals surface area contributed by atoms with Crippen LogP contribution in [0, 0.1) is 0 Å². The Morgan fingerprint density at radius 1 is 1.50 bits per heavy atom. The third-order valence-electron chi connectivity index (χ3n) is 3.84. The highest BCUT2D eigenvalue weighted by molar-refractivity contribution is 9.10. The van der Waals surface area contributed by atoms with Crippen molar-refractivity contribution in [3.63, 3.8) is 0 Å². The van der Waals surface area contributed by atoms with E-state index in [9.17, 15) is 4.79 Å². The number of carbonyl (C=O) groups is 1. The fourth-order valence-electron chi connectivity index (χ4n) is 2.70. The molecule has 0 aromatic heterocycles. The topological polar surface area (TPSA) is 64.8 Å². The number of benzene rings is 1. The van der Waals surface area contributed by atoms with Gasteiger partial charge in [-0.2, -0.15) is 0 Å². The second-order valence-electron chi connectivity index (χ2n) is 5.37. The van der Waals surface area contributed by atoms with Gasteiger partial charge in [0, 0.05) is 24.7 Å². The molecular formula is C16H23BrN2O3. The highest BCUT2D eigenvalue weighted by atomic mass is 79.9. The fourth-order valence-corrected chi connectivity index (χ4v) is 3.26. The minimum Gasteiger partial charge on any atom is -0.493 e. The van der Waals surface area contributed by atoms with Gasteiger partial charge in [0.05, 0.1) is 18.2 Å². The number of hydrogen-bond donors (Lipinski definition) is 1. The SMILES string of the molecule is CCCOc1c(Br)cc(C(=O)N2CCCC2CN)cc1OC. The van der Waals surface area contributed by atoms with Crippen LogP contribution in [0.1, 0.15) is 36.5 Å². The Bertz CT molecular complexity index is 536.